The Morgan fingerprint density at radius 3 is 2.13 bits per heavy atom. The highest BCUT2D eigenvalue weighted by Crippen LogP contribution is 2.20. The van der Waals surface area contributed by atoms with Gasteiger partial charge in [-0.1, -0.05) is 69.7 Å². The van der Waals surface area contributed by atoms with E-state index in [1.54, 1.807) is 24.3 Å². The molecule has 3 N–H and O–H groups in total. The molecule has 0 aromatic heterocycles. The molecule has 31 heavy (non-hydrogen) atoms. The number of phenols is 1. The maximum Gasteiger partial charge on any atom is 0.412 e. The van der Waals surface area contributed by atoms with Crippen molar-refractivity contribution in [3.05, 3.63) is 77.9 Å². The highest BCUT2D eigenvalue weighted by Gasteiger charge is 2.05. The summed E-state index contributed by atoms with van der Waals surface area (Å²) >= 11 is 0. The minimum atomic E-state index is -1.11. The second-order valence-corrected chi connectivity index (χ2v) is 6.22. The average Bonchev–Trinajstić information content (AvgIpc) is 2.76. The van der Waals surface area contributed by atoms with E-state index < -0.39 is 12.1 Å². The summed E-state index contributed by atoms with van der Waals surface area (Å²) in [6, 6.07) is 13.2. The van der Waals surface area contributed by atoms with Crippen LogP contribution < -0.4 is 10.1 Å². The third-order valence-electron chi connectivity index (χ3n) is 3.85. The number of nitrogens with one attached hydrogen (secondary N) is 1. The van der Waals surface area contributed by atoms with E-state index in [2.05, 4.69) is 31.8 Å². The summed E-state index contributed by atoms with van der Waals surface area (Å²) in [5.41, 5.74) is 3.32. The van der Waals surface area contributed by atoms with Crippen LogP contribution in [-0.2, 0) is 0 Å². The van der Waals surface area contributed by atoms with Gasteiger partial charge in [0.15, 0.2) is 0 Å². The highest BCUT2D eigenvalue weighted by molar-refractivity contribution is 5.90. The molecule has 6 nitrogen and oxygen atoms in total. The van der Waals surface area contributed by atoms with Crippen molar-refractivity contribution in [2.75, 3.05) is 7.05 Å². The van der Waals surface area contributed by atoms with Crippen LogP contribution in [0.1, 0.15) is 56.5 Å². The zero-order valence-corrected chi connectivity index (χ0v) is 18.9. The van der Waals surface area contributed by atoms with Gasteiger partial charge >= 0.3 is 12.1 Å². The van der Waals surface area contributed by atoms with Crippen LogP contribution >= 0.6 is 0 Å². The number of carboxylic acids is 1. The Hall–Kier alpha value is -3.54. The quantitative estimate of drug-likeness (QED) is 0.471. The van der Waals surface area contributed by atoms with Gasteiger partial charge in [-0.05, 0) is 48.7 Å². The summed E-state index contributed by atoms with van der Waals surface area (Å²) in [4.78, 5) is 21.3. The van der Waals surface area contributed by atoms with Gasteiger partial charge in [-0.25, -0.2) is 9.59 Å². The Bertz CT molecular complexity index is 870. The predicted molar refractivity (Wildman–Crippen MR) is 126 cm³/mol. The lowest BCUT2D eigenvalue weighted by molar-refractivity contribution is 0.0693. The number of ether oxygens (including phenoxy) is 1. The zero-order chi connectivity index (χ0) is 23.8. The van der Waals surface area contributed by atoms with Crippen molar-refractivity contribution in [2.24, 2.45) is 0 Å². The standard InChI is InChI=1S/C16H21NO2.C7H6O3.C2H6/c1-5-6-12(2)11-13(3)14-7-9-15(10-8-14)19-16(18)17-4;8-6-4-2-1-3-5(6)7(9)10;1-2/h7-11H,2,5-6H2,1,3-4H3,(H,17,18);1-4,8H,(H,9,10);1-2H3/b13-11+;;. The van der Waals surface area contributed by atoms with Gasteiger partial charge in [0.1, 0.15) is 17.1 Å². The molecule has 168 valence electrons. The van der Waals surface area contributed by atoms with Crippen LogP contribution in [0.2, 0.25) is 0 Å². The molecule has 0 atom stereocenters. The molecule has 0 fully saturated rings. The Morgan fingerprint density at radius 1 is 1.10 bits per heavy atom. The first kappa shape index (κ1) is 27.5. The predicted octanol–water partition coefficient (Wildman–Crippen LogP) is 6.28. The van der Waals surface area contributed by atoms with E-state index in [1.165, 1.54) is 19.2 Å². The van der Waals surface area contributed by atoms with E-state index in [1.807, 2.05) is 26.0 Å². The zero-order valence-electron chi connectivity index (χ0n) is 18.9. The number of benzene rings is 2. The molecule has 0 aliphatic rings. The maximum atomic E-state index is 11.1. The van der Waals surface area contributed by atoms with E-state index in [-0.39, 0.29) is 11.3 Å². The van der Waals surface area contributed by atoms with Crippen molar-refractivity contribution in [1.82, 2.24) is 5.32 Å². The van der Waals surface area contributed by atoms with Crippen LogP contribution in [0.4, 0.5) is 4.79 Å². The van der Waals surface area contributed by atoms with Gasteiger partial charge in [-0.3, -0.25) is 0 Å². The molecular weight excluding hydrogens is 394 g/mol. The van der Waals surface area contributed by atoms with Crippen LogP contribution in [-0.4, -0.2) is 29.3 Å². The molecule has 2 aromatic carbocycles. The summed E-state index contributed by atoms with van der Waals surface area (Å²) < 4.78 is 5.03. The van der Waals surface area contributed by atoms with Crippen LogP contribution in [0, 0.1) is 0 Å². The largest absolute Gasteiger partial charge is 0.507 e. The van der Waals surface area contributed by atoms with Crippen molar-refractivity contribution in [1.29, 1.82) is 0 Å². The lowest BCUT2D eigenvalue weighted by Gasteiger charge is -2.06. The Balaban J connectivity index is 0.000000628. The summed E-state index contributed by atoms with van der Waals surface area (Å²) in [5.74, 6) is -0.781. The van der Waals surface area contributed by atoms with E-state index >= 15 is 0 Å². The number of hydrogen-bond acceptors (Lipinski definition) is 4. The summed E-state index contributed by atoms with van der Waals surface area (Å²) in [6.07, 6.45) is 3.74. The third-order valence-corrected chi connectivity index (χ3v) is 3.85. The Morgan fingerprint density at radius 2 is 1.68 bits per heavy atom. The van der Waals surface area contributed by atoms with E-state index in [0.29, 0.717) is 5.75 Å². The first-order valence-corrected chi connectivity index (χ1v) is 10.2. The van der Waals surface area contributed by atoms with Gasteiger partial charge in [-0.2, -0.15) is 0 Å². The van der Waals surface area contributed by atoms with E-state index in [9.17, 15) is 9.59 Å². The monoisotopic (exact) mass is 427 g/mol. The fourth-order valence-electron chi connectivity index (χ4n) is 2.38. The molecule has 2 rings (SSSR count). The number of rotatable bonds is 6. The number of aromatic hydroxyl groups is 1. The maximum absolute atomic E-state index is 11.1. The highest BCUT2D eigenvalue weighted by atomic mass is 16.5. The number of amides is 1. The summed E-state index contributed by atoms with van der Waals surface area (Å²) in [6.45, 7) is 12.2. The molecule has 0 radical (unpaired) electrons. The van der Waals surface area contributed by atoms with Gasteiger partial charge in [-0.15, -0.1) is 0 Å². The average molecular weight is 428 g/mol. The molecule has 0 spiro atoms. The SMILES string of the molecule is C=C(/C=C(\C)c1ccc(OC(=O)NC)cc1)CCC.CC.O=C(O)c1ccccc1O. The molecular formula is C25H33NO5. The van der Waals surface area contributed by atoms with Gasteiger partial charge in [0.2, 0.25) is 0 Å². The topological polar surface area (TPSA) is 95.9 Å². The van der Waals surface area contributed by atoms with Crippen molar-refractivity contribution in [2.45, 2.75) is 40.5 Å². The number of hydrogen-bond donors (Lipinski definition) is 3. The number of carboxylic acid groups (broad SMARTS) is 1. The summed E-state index contributed by atoms with van der Waals surface area (Å²) in [5, 5.41) is 19.7. The van der Waals surface area contributed by atoms with E-state index in [4.69, 9.17) is 14.9 Å². The van der Waals surface area contributed by atoms with Crippen molar-refractivity contribution in [3.8, 4) is 11.5 Å². The first-order chi connectivity index (χ1) is 14.8. The fourth-order valence-corrected chi connectivity index (χ4v) is 2.38. The minimum absolute atomic E-state index is 0.0671. The summed E-state index contributed by atoms with van der Waals surface area (Å²) in [7, 11) is 1.53. The normalized spacial score (nSPS) is 9.90. The van der Waals surface area contributed by atoms with Crippen molar-refractivity contribution < 1.29 is 24.5 Å². The molecule has 0 saturated carbocycles. The molecule has 0 unspecified atom stereocenters. The molecule has 6 heteroatoms. The Kier molecular flexibility index (Phi) is 13.6. The van der Waals surface area contributed by atoms with Gasteiger partial charge in [0.05, 0.1) is 0 Å². The lowest BCUT2D eigenvalue weighted by atomic mass is 10.0. The van der Waals surface area contributed by atoms with Gasteiger partial charge in [0.25, 0.3) is 0 Å². The molecule has 1 amide bonds. The Labute approximate surface area is 184 Å². The molecule has 0 saturated heterocycles. The number of para-hydroxylation sites is 1. The second kappa shape index (κ2) is 15.3. The van der Waals surface area contributed by atoms with E-state index in [0.717, 1.165) is 29.6 Å². The second-order valence-electron chi connectivity index (χ2n) is 6.22. The van der Waals surface area contributed by atoms with Crippen LogP contribution in [0.15, 0.2) is 66.8 Å². The number of allylic oxidation sites excluding steroid dienone is 3. The van der Waals surface area contributed by atoms with Gasteiger partial charge < -0.3 is 20.3 Å². The number of carbonyl (C=O) groups is 2. The van der Waals surface area contributed by atoms with Crippen LogP contribution in [0.3, 0.4) is 0 Å². The molecule has 0 aliphatic carbocycles. The minimum Gasteiger partial charge on any atom is -0.507 e. The first-order valence-electron chi connectivity index (χ1n) is 10.2. The third kappa shape index (κ3) is 10.7. The molecule has 0 aliphatic heterocycles. The van der Waals surface area contributed by atoms with Gasteiger partial charge in [0, 0.05) is 7.05 Å². The molecule has 0 bridgehead atoms. The molecule has 0 heterocycles. The fraction of sp³-hybridized carbons (Fsp3) is 0.280. The van der Waals surface area contributed by atoms with Crippen molar-refractivity contribution in [3.63, 3.8) is 0 Å². The lowest BCUT2D eigenvalue weighted by Crippen LogP contribution is -2.21. The van der Waals surface area contributed by atoms with Crippen LogP contribution in [0.25, 0.3) is 5.57 Å². The van der Waals surface area contributed by atoms with Crippen molar-refractivity contribution >= 4 is 17.6 Å². The smallest absolute Gasteiger partial charge is 0.412 e. The molecule has 2 aromatic rings. The van der Waals surface area contributed by atoms with Crippen LogP contribution in [0.5, 0.6) is 11.5 Å². The number of aromatic carboxylic acids is 1. The number of carbonyl (C=O) groups excluding carboxylic acids is 1.